The van der Waals surface area contributed by atoms with Gasteiger partial charge in [0.25, 0.3) is 5.91 Å². The van der Waals surface area contributed by atoms with E-state index in [0.717, 1.165) is 38.8 Å². The van der Waals surface area contributed by atoms with Gasteiger partial charge in [-0.3, -0.25) is 9.59 Å². The lowest BCUT2D eigenvalue weighted by molar-refractivity contribution is -0.122. The van der Waals surface area contributed by atoms with Crippen LogP contribution in [0.2, 0.25) is 0 Å². The Morgan fingerprint density at radius 1 is 1.04 bits per heavy atom. The first-order valence-corrected chi connectivity index (χ1v) is 9.87. The third kappa shape index (κ3) is 3.85. The predicted octanol–water partition coefficient (Wildman–Crippen LogP) is 3.33. The van der Waals surface area contributed by atoms with E-state index in [1.807, 2.05) is 12.1 Å². The Bertz CT molecular complexity index is 700. The fourth-order valence-electron chi connectivity index (χ4n) is 4.29. The second-order valence-corrected chi connectivity index (χ2v) is 9.20. The smallest absolute Gasteiger partial charge is 0.251 e. The van der Waals surface area contributed by atoms with Crippen LogP contribution in [0.15, 0.2) is 18.2 Å². The van der Waals surface area contributed by atoms with Gasteiger partial charge in [0.15, 0.2) is 5.78 Å². The van der Waals surface area contributed by atoms with Crippen LogP contribution >= 0.6 is 0 Å². The number of amides is 1. The van der Waals surface area contributed by atoms with E-state index in [4.69, 9.17) is 0 Å². The van der Waals surface area contributed by atoms with Gasteiger partial charge >= 0.3 is 0 Å². The molecule has 1 aliphatic heterocycles. The Morgan fingerprint density at radius 2 is 1.65 bits per heavy atom. The first-order valence-electron chi connectivity index (χ1n) is 9.87. The van der Waals surface area contributed by atoms with Crippen molar-refractivity contribution in [3.63, 3.8) is 0 Å². The van der Waals surface area contributed by atoms with Crippen molar-refractivity contribution in [3.8, 4) is 0 Å². The van der Waals surface area contributed by atoms with Crippen molar-refractivity contribution < 1.29 is 9.59 Å². The molecule has 1 aliphatic carbocycles. The van der Waals surface area contributed by atoms with Crippen LogP contribution in [0.1, 0.15) is 74.9 Å². The number of ketones is 1. The van der Waals surface area contributed by atoms with E-state index >= 15 is 0 Å². The summed E-state index contributed by atoms with van der Waals surface area (Å²) in [5.74, 6) is 0.0911. The Kier molecular flexibility index (Phi) is 5.25. The Hall–Kier alpha value is -1.68. The van der Waals surface area contributed by atoms with E-state index in [1.54, 1.807) is 0 Å². The number of fused-ring (bicyclic) bond motifs is 1. The molecule has 4 nitrogen and oxygen atoms in total. The van der Waals surface area contributed by atoms with Gasteiger partial charge in [-0.15, -0.1) is 0 Å². The molecule has 0 radical (unpaired) electrons. The summed E-state index contributed by atoms with van der Waals surface area (Å²) < 4.78 is 0. The first-order chi connectivity index (χ1) is 12.2. The zero-order chi connectivity index (χ0) is 18.9. The molecule has 0 bridgehead atoms. The third-order valence-electron chi connectivity index (χ3n) is 6.33. The van der Waals surface area contributed by atoms with Crippen molar-refractivity contribution in [3.05, 3.63) is 34.9 Å². The lowest BCUT2D eigenvalue weighted by Gasteiger charge is -2.42. The van der Waals surface area contributed by atoms with Gasteiger partial charge in [-0.05, 0) is 72.9 Å². The zero-order valence-electron chi connectivity index (χ0n) is 16.6. The molecule has 0 saturated carbocycles. The summed E-state index contributed by atoms with van der Waals surface area (Å²) >= 11 is 0. The molecule has 0 aromatic heterocycles. The van der Waals surface area contributed by atoms with Crippen molar-refractivity contribution in [1.29, 1.82) is 0 Å². The topological polar surface area (TPSA) is 58.2 Å². The average Bonchev–Trinajstić information content (AvgIpc) is 2.63. The van der Waals surface area contributed by atoms with Gasteiger partial charge in [-0.25, -0.2) is 0 Å². The van der Waals surface area contributed by atoms with Crippen molar-refractivity contribution in [2.75, 3.05) is 19.6 Å². The van der Waals surface area contributed by atoms with Gasteiger partial charge in [0.2, 0.25) is 0 Å². The van der Waals surface area contributed by atoms with E-state index in [-0.39, 0.29) is 35.0 Å². The van der Waals surface area contributed by atoms with E-state index in [0.29, 0.717) is 5.56 Å². The highest BCUT2D eigenvalue weighted by atomic mass is 16.2. The van der Waals surface area contributed by atoms with Crippen molar-refractivity contribution in [2.45, 2.75) is 64.2 Å². The third-order valence-corrected chi connectivity index (χ3v) is 6.33. The largest absolute Gasteiger partial charge is 0.345 e. The summed E-state index contributed by atoms with van der Waals surface area (Å²) in [5, 5.41) is 6.11. The molecule has 26 heavy (non-hydrogen) atoms. The molecule has 1 fully saturated rings. The standard InChI is InChI=1S/C22H32N2O2/c1-21(2)9-10-22(3,4)18-13-16(5-6-17(18)21)20(26)24-14-19(25)15-7-11-23-12-8-15/h5-6,13,15,23H,7-12,14H2,1-4H3,(H,24,26). The minimum Gasteiger partial charge on any atom is -0.345 e. The summed E-state index contributed by atoms with van der Waals surface area (Å²) in [6.45, 7) is 11.0. The van der Waals surface area contributed by atoms with Crippen molar-refractivity contribution >= 4 is 11.7 Å². The van der Waals surface area contributed by atoms with Gasteiger partial charge in [0.05, 0.1) is 6.54 Å². The van der Waals surface area contributed by atoms with E-state index in [1.165, 1.54) is 11.1 Å². The fourth-order valence-corrected chi connectivity index (χ4v) is 4.29. The molecule has 1 heterocycles. The van der Waals surface area contributed by atoms with Crippen LogP contribution in [-0.4, -0.2) is 31.3 Å². The highest BCUT2D eigenvalue weighted by molar-refractivity contribution is 5.97. The number of carbonyl (C=O) groups is 2. The Balaban J connectivity index is 1.71. The van der Waals surface area contributed by atoms with Crippen LogP contribution in [0.25, 0.3) is 0 Å². The maximum atomic E-state index is 12.6. The molecule has 1 aromatic carbocycles. The van der Waals surface area contributed by atoms with E-state index in [9.17, 15) is 9.59 Å². The van der Waals surface area contributed by atoms with E-state index < -0.39 is 0 Å². The average molecular weight is 357 g/mol. The summed E-state index contributed by atoms with van der Waals surface area (Å²) in [7, 11) is 0. The van der Waals surface area contributed by atoms with Crippen LogP contribution in [0.5, 0.6) is 0 Å². The van der Waals surface area contributed by atoms with Gasteiger partial charge in [-0.2, -0.15) is 0 Å². The summed E-state index contributed by atoms with van der Waals surface area (Å²) in [5.41, 5.74) is 3.49. The number of hydrogen-bond acceptors (Lipinski definition) is 3. The van der Waals surface area contributed by atoms with Gasteiger partial charge in [-0.1, -0.05) is 33.8 Å². The van der Waals surface area contributed by atoms with Crippen molar-refractivity contribution in [2.24, 2.45) is 5.92 Å². The van der Waals surface area contributed by atoms with Crippen LogP contribution < -0.4 is 10.6 Å². The summed E-state index contributed by atoms with van der Waals surface area (Å²) in [6.07, 6.45) is 4.02. The predicted molar refractivity (Wildman–Crippen MR) is 105 cm³/mol. The number of benzene rings is 1. The second kappa shape index (κ2) is 7.15. The highest BCUT2D eigenvalue weighted by Crippen LogP contribution is 2.45. The number of rotatable bonds is 4. The van der Waals surface area contributed by atoms with Gasteiger partial charge in [0, 0.05) is 11.5 Å². The van der Waals surface area contributed by atoms with Crippen LogP contribution in [0.3, 0.4) is 0 Å². The molecule has 4 heteroatoms. The summed E-state index contributed by atoms with van der Waals surface area (Å²) in [6, 6.07) is 6.06. The van der Waals surface area contributed by atoms with Crippen molar-refractivity contribution in [1.82, 2.24) is 10.6 Å². The molecule has 142 valence electrons. The monoisotopic (exact) mass is 356 g/mol. The first kappa shape index (κ1) is 19.1. The normalized spacial score (nSPS) is 21.7. The fraction of sp³-hybridized carbons (Fsp3) is 0.636. The molecule has 2 aliphatic rings. The van der Waals surface area contributed by atoms with Crippen LogP contribution in [0, 0.1) is 5.92 Å². The van der Waals surface area contributed by atoms with Crippen LogP contribution in [-0.2, 0) is 15.6 Å². The number of hydrogen-bond donors (Lipinski definition) is 2. The summed E-state index contributed by atoms with van der Waals surface area (Å²) in [4.78, 5) is 24.9. The lowest BCUT2D eigenvalue weighted by atomic mass is 9.63. The molecule has 3 rings (SSSR count). The Morgan fingerprint density at radius 3 is 2.31 bits per heavy atom. The second-order valence-electron chi connectivity index (χ2n) is 9.20. The lowest BCUT2D eigenvalue weighted by Crippen LogP contribution is -2.38. The minimum atomic E-state index is -0.144. The van der Waals surface area contributed by atoms with Gasteiger partial charge in [0.1, 0.15) is 0 Å². The molecular weight excluding hydrogens is 324 g/mol. The highest BCUT2D eigenvalue weighted by Gasteiger charge is 2.37. The molecular formula is C22H32N2O2. The maximum absolute atomic E-state index is 12.6. The maximum Gasteiger partial charge on any atom is 0.251 e. The zero-order valence-corrected chi connectivity index (χ0v) is 16.6. The van der Waals surface area contributed by atoms with Gasteiger partial charge < -0.3 is 10.6 Å². The number of piperidine rings is 1. The molecule has 1 amide bonds. The SMILES string of the molecule is CC1(C)CCC(C)(C)c2cc(C(=O)NCC(=O)C3CCNCC3)ccc21. The molecule has 1 aromatic rings. The number of carbonyl (C=O) groups excluding carboxylic acids is 2. The minimum absolute atomic E-state index is 0.0755. The van der Waals surface area contributed by atoms with E-state index in [2.05, 4.69) is 44.4 Å². The molecule has 0 unspecified atom stereocenters. The Labute approximate surface area is 157 Å². The number of Topliss-reactive ketones (excluding diaryl/α,β-unsaturated/α-hetero) is 1. The molecule has 2 N–H and O–H groups in total. The molecule has 1 saturated heterocycles. The number of nitrogens with one attached hydrogen (secondary N) is 2. The molecule has 0 spiro atoms. The quantitative estimate of drug-likeness (QED) is 0.870. The van der Waals surface area contributed by atoms with Crippen LogP contribution in [0.4, 0.5) is 0 Å². The molecule has 0 atom stereocenters.